The second-order valence-electron chi connectivity index (χ2n) is 4.40. The Balaban J connectivity index is 2.21. The van der Waals surface area contributed by atoms with Gasteiger partial charge in [0.05, 0.1) is 17.1 Å². The van der Waals surface area contributed by atoms with Crippen molar-refractivity contribution in [3.63, 3.8) is 0 Å². The maximum atomic E-state index is 4.61. The summed E-state index contributed by atoms with van der Waals surface area (Å²) in [4.78, 5) is 4.61. The third kappa shape index (κ3) is 3.35. The number of para-hydroxylation sites is 3. The normalized spacial score (nSPS) is 11.2. The molecule has 0 aliphatic heterocycles. The highest BCUT2D eigenvalue weighted by molar-refractivity contribution is 5.98. The minimum atomic E-state index is 0.872. The van der Waals surface area contributed by atoms with Crippen LogP contribution < -0.4 is 10.6 Å². The summed E-state index contributed by atoms with van der Waals surface area (Å²) in [7, 11) is 1.91. The first kappa shape index (κ1) is 13.1. The molecule has 0 unspecified atom stereocenters. The fraction of sp³-hybridized carbons (Fsp3) is 0.188. The molecule has 2 rings (SSSR count). The molecule has 0 aromatic heterocycles. The van der Waals surface area contributed by atoms with Gasteiger partial charge in [-0.05, 0) is 37.6 Å². The summed E-state index contributed by atoms with van der Waals surface area (Å²) >= 11 is 0. The highest BCUT2D eigenvalue weighted by Gasteiger charge is 2.01. The molecule has 0 fully saturated rings. The molecular formula is C16H19N3. The first-order valence-electron chi connectivity index (χ1n) is 6.35. The number of benzene rings is 2. The van der Waals surface area contributed by atoms with E-state index in [1.165, 1.54) is 5.56 Å². The maximum absolute atomic E-state index is 4.61. The third-order valence-electron chi connectivity index (χ3n) is 2.92. The summed E-state index contributed by atoms with van der Waals surface area (Å²) in [5.41, 5.74) is 4.25. The number of hydrogen-bond donors (Lipinski definition) is 2. The van der Waals surface area contributed by atoms with E-state index in [-0.39, 0.29) is 0 Å². The van der Waals surface area contributed by atoms with Gasteiger partial charge in [-0.3, -0.25) is 0 Å². The molecule has 0 radical (unpaired) electrons. The summed E-state index contributed by atoms with van der Waals surface area (Å²) in [6.07, 6.45) is 0. The van der Waals surface area contributed by atoms with Gasteiger partial charge < -0.3 is 10.6 Å². The number of rotatable bonds is 3. The van der Waals surface area contributed by atoms with Crippen molar-refractivity contribution in [3.8, 4) is 0 Å². The van der Waals surface area contributed by atoms with Crippen molar-refractivity contribution in [3.05, 3.63) is 54.1 Å². The molecule has 2 N–H and O–H groups in total. The largest absolute Gasteiger partial charge is 0.386 e. The molecule has 3 heteroatoms. The summed E-state index contributed by atoms with van der Waals surface area (Å²) < 4.78 is 0. The topological polar surface area (TPSA) is 36.4 Å². The van der Waals surface area contributed by atoms with E-state index >= 15 is 0 Å². The highest BCUT2D eigenvalue weighted by Crippen LogP contribution is 2.22. The minimum absolute atomic E-state index is 0.872. The van der Waals surface area contributed by atoms with E-state index in [0.717, 1.165) is 22.9 Å². The highest BCUT2D eigenvalue weighted by atomic mass is 15.0. The van der Waals surface area contributed by atoms with Gasteiger partial charge in [0.2, 0.25) is 0 Å². The van der Waals surface area contributed by atoms with Crippen LogP contribution in [0.2, 0.25) is 0 Å². The first-order valence-corrected chi connectivity index (χ1v) is 6.35. The molecule has 2 aromatic rings. The van der Waals surface area contributed by atoms with Crippen LogP contribution in [0.5, 0.6) is 0 Å². The molecule has 3 nitrogen and oxygen atoms in total. The molecule has 0 bridgehead atoms. The van der Waals surface area contributed by atoms with Crippen LogP contribution in [0.15, 0.2) is 53.5 Å². The average molecular weight is 253 g/mol. The Hall–Kier alpha value is -2.29. The van der Waals surface area contributed by atoms with Gasteiger partial charge in [-0.2, -0.15) is 0 Å². The Morgan fingerprint density at radius 3 is 2.26 bits per heavy atom. The van der Waals surface area contributed by atoms with E-state index in [1.54, 1.807) is 0 Å². The molecular weight excluding hydrogens is 234 g/mol. The average Bonchev–Trinajstić information content (AvgIpc) is 2.42. The van der Waals surface area contributed by atoms with Crippen LogP contribution in [0.1, 0.15) is 12.5 Å². The summed E-state index contributed by atoms with van der Waals surface area (Å²) in [5.74, 6) is 0.872. The fourth-order valence-corrected chi connectivity index (χ4v) is 1.90. The Bertz CT molecular complexity index is 588. The van der Waals surface area contributed by atoms with E-state index < -0.39 is 0 Å². The zero-order valence-corrected chi connectivity index (χ0v) is 11.6. The molecule has 0 aliphatic rings. The zero-order valence-electron chi connectivity index (χ0n) is 11.6. The van der Waals surface area contributed by atoms with Crippen LogP contribution in [0.3, 0.4) is 0 Å². The lowest BCUT2D eigenvalue weighted by molar-refractivity contribution is 1.38. The number of aryl methyl sites for hydroxylation is 1. The van der Waals surface area contributed by atoms with Crippen molar-refractivity contribution in [1.29, 1.82) is 0 Å². The zero-order chi connectivity index (χ0) is 13.7. The predicted octanol–water partition coefficient (Wildman–Crippen LogP) is 4.20. The van der Waals surface area contributed by atoms with Gasteiger partial charge in [-0.25, -0.2) is 4.99 Å². The standard InChI is InChI=1S/C16H19N3/c1-12-8-4-5-9-14(12)18-13(2)19-16-11-7-6-10-15(16)17-3/h4-11,17H,1-3H3,(H,18,19). The number of amidine groups is 1. The smallest absolute Gasteiger partial charge is 0.103 e. The second-order valence-corrected chi connectivity index (χ2v) is 4.40. The molecule has 0 amide bonds. The molecule has 2 aromatic carbocycles. The summed E-state index contributed by atoms with van der Waals surface area (Å²) in [5, 5.41) is 6.48. The quantitative estimate of drug-likeness (QED) is 0.635. The number of aliphatic imine (C=N–C) groups is 1. The summed E-state index contributed by atoms with van der Waals surface area (Å²) in [6.45, 7) is 4.03. The van der Waals surface area contributed by atoms with E-state index in [9.17, 15) is 0 Å². The lowest BCUT2D eigenvalue weighted by Gasteiger charge is -2.11. The molecule has 0 atom stereocenters. The van der Waals surface area contributed by atoms with Crippen LogP contribution in [0.4, 0.5) is 17.1 Å². The van der Waals surface area contributed by atoms with Crippen molar-refractivity contribution in [2.75, 3.05) is 17.7 Å². The van der Waals surface area contributed by atoms with Crippen molar-refractivity contribution >= 4 is 22.9 Å². The number of nitrogens with one attached hydrogen (secondary N) is 2. The lowest BCUT2D eigenvalue weighted by atomic mass is 10.2. The van der Waals surface area contributed by atoms with Gasteiger partial charge in [0.15, 0.2) is 0 Å². The van der Waals surface area contributed by atoms with Gasteiger partial charge in [-0.1, -0.05) is 30.3 Å². The fourth-order valence-electron chi connectivity index (χ4n) is 1.90. The molecule has 19 heavy (non-hydrogen) atoms. The number of anilines is 2. The third-order valence-corrected chi connectivity index (χ3v) is 2.92. The van der Waals surface area contributed by atoms with E-state index in [1.807, 2.05) is 56.4 Å². The van der Waals surface area contributed by atoms with Crippen molar-refractivity contribution in [2.24, 2.45) is 4.99 Å². The van der Waals surface area contributed by atoms with Crippen molar-refractivity contribution < 1.29 is 0 Å². The summed E-state index contributed by atoms with van der Waals surface area (Å²) in [6, 6.07) is 16.2. The Morgan fingerprint density at radius 2 is 1.58 bits per heavy atom. The Labute approximate surface area is 114 Å². The van der Waals surface area contributed by atoms with E-state index in [4.69, 9.17) is 0 Å². The molecule has 98 valence electrons. The van der Waals surface area contributed by atoms with Gasteiger partial charge >= 0.3 is 0 Å². The van der Waals surface area contributed by atoms with Crippen LogP contribution >= 0.6 is 0 Å². The van der Waals surface area contributed by atoms with Crippen molar-refractivity contribution in [1.82, 2.24) is 0 Å². The van der Waals surface area contributed by atoms with Gasteiger partial charge in [0.25, 0.3) is 0 Å². The number of nitrogens with zero attached hydrogens (tertiary/aromatic N) is 1. The lowest BCUT2D eigenvalue weighted by Crippen LogP contribution is -2.08. The van der Waals surface area contributed by atoms with Crippen LogP contribution in [-0.2, 0) is 0 Å². The van der Waals surface area contributed by atoms with Gasteiger partial charge in [0, 0.05) is 7.05 Å². The van der Waals surface area contributed by atoms with Crippen LogP contribution in [0, 0.1) is 6.92 Å². The van der Waals surface area contributed by atoms with Gasteiger partial charge in [0.1, 0.15) is 5.84 Å². The monoisotopic (exact) mass is 253 g/mol. The molecule has 0 spiro atoms. The first-order chi connectivity index (χ1) is 9.20. The SMILES string of the molecule is CNc1ccccc1NC(C)=Nc1ccccc1C. The van der Waals surface area contributed by atoms with E-state index in [0.29, 0.717) is 0 Å². The van der Waals surface area contributed by atoms with Crippen LogP contribution in [0.25, 0.3) is 0 Å². The Morgan fingerprint density at radius 1 is 0.947 bits per heavy atom. The van der Waals surface area contributed by atoms with Crippen LogP contribution in [-0.4, -0.2) is 12.9 Å². The van der Waals surface area contributed by atoms with Crippen molar-refractivity contribution in [2.45, 2.75) is 13.8 Å². The molecule has 0 aliphatic carbocycles. The maximum Gasteiger partial charge on any atom is 0.103 e. The molecule has 0 heterocycles. The van der Waals surface area contributed by atoms with E-state index in [2.05, 4.69) is 28.6 Å². The predicted molar refractivity (Wildman–Crippen MR) is 83.6 cm³/mol. The Kier molecular flexibility index (Phi) is 4.18. The second kappa shape index (κ2) is 6.05. The van der Waals surface area contributed by atoms with Gasteiger partial charge in [-0.15, -0.1) is 0 Å². The molecule has 0 saturated heterocycles. The molecule has 0 saturated carbocycles. The number of hydrogen-bond acceptors (Lipinski definition) is 2. The minimum Gasteiger partial charge on any atom is -0.386 e.